The average molecular weight is 158 g/mol. The monoisotopic (exact) mass is 158 g/mol. The van der Waals surface area contributed by atoms with Crippen LogP contribution in [0.4, 0.5) is 0 Å². The standard InChI is InChI=1S/C12H8/c1-3-9-4-2-6-11-8-7-10(5-1)12(9)11/h1-8H/i1D,3D,4D,5D,7D,8D. The molecule has 0 N–H and O–H groups in total. The molecule has 1 aliphatic rings. The first-order chi connectivity index (χ1) is 8.45. The van der Waals surface area contributed by atoms with Gasteiger partial charge in [-0.05, 0) is 21.9 Å². The molecule has 2 aromatic rings. The Bertz CT molecular complexity index is 744. The van der Waals surface area contributed by atoms with Gasteiger partial charge in [0.15, 0.2) is 0 Å². The van der Waals surface area contributed by atoms with Crippen LogP contribution in [0, 0.1) is 0 Å². The largest absolute Gasteiger partial charge is 0.0629 e. The Kier molecular flexibility index (Phi) is 0.451. The zero-order chi connectivity index (χ0) is 13.2. The smallest absolute Gasteiger partial charge is 0.0610 e. The Morgan fingerprint density at radius 2 is 1.92 bits per heavy atom. The molecule has 3 rings (SSSR count). The van der Waals surface area contributed by atoms with Crippen LogP contribution in [0.5, 0.6) is 0 Å². The van der Waals surface area contributed by atoms with E-state index in [1.54, 1.807) is 6.07 Å². The van der Waals surface area contributed by atoms with Gasteiger partial charge in [0.05, 0.1) is 8.22 Å². The van der Waals surface area contributed by atoms with Crippen molar-refractivity contribution in [1.29, 1.82) is 0 Å². The molecule has 0 bridgehead atoms. The highest BCUT2D eigenvalue weighted by Crippen LogP contribution is 2.30. The molecule has 0 radical (unpaired) electrons. The van der Waals surface area contributed by atoms with Crippen molar-refractivity contribution in [2.45, 2.75) is 0 Å². The first-order valence-electron chi connectivity index (χ1n) is 6.66. The van der Waals surface area contributed by atoms with Gasteiger partial charge < -0.3 is 0 Å². The molecule has 0 fully saturated rings. The number of hydrogen-bond donors (Lipinski definition) is 0. The lowest BCUT2D eigenvalue weighted by Crippen LogP contribution is -1.76. The molecule has 0 aliphatic heterocycles. The fraction of sp³-hybridized carbons (Fsp3) is 0. The van der Waals surface area contributed by atoms with E-state index in [4.69, 9.17) is 8.22 Å². The van der Waals surface area contributed by atoms with Crippen molar-refractivity contribution in [2.24, 2.45) is 0 Å². The highest BCUT2D eigenvalue weighted by molar-refractivity contribution is 6.04. The summed E-state index contributed by atoms with van der Waals surface area (Å²) in [5, 5.41) is 0.694. The van der Waals surface area contributed by atoms with Gasteiger partial charge in [0.25, 0.3) is 0 Å². The second kappa shape index (κ2) is 1.98. The minimum absolute atomic E-state index is 0.00602. The van der Waals surface area contributed by atoms with Gasteiger partial charge in [-0.3, -0.25) is 0 Å². The van der Waals surface area contributed by atoms with Crippen LogP contribution in [0.25, 0.3) is 22.9 Å². The van der Waals surface area contributed by atoms with Gasteiger partial charge in [-0.25, -0.2) is 0 Å². The van der Waals surface area contributed by atoms with E-state index in [1.165, 1.54) is 6.07 Å². The molecule has 0 heteroatoms. The fourth-order valence-electron chi connectivity index (χ4n) is 1.40. The van der Waals surface area contributed by atoms with Gasteiger partial charge in [-0.2, -0.15) is 0 Å². The third-order valence-corrected chi connectivity index (χ3v) is 1.94. The summed E-state index contributed by atoms with van der Waals surface area (Å²) in [5.41, 5.74) is 0.683. The molecule has 0 atom stereocenters. The van der Waals surface area contributed by atoms with Gasteiger partial charge in [-0.1, -0.05) is 48.4 Å². The second-order valence-electron chi connectivity index (χ2n) is 2.64. The van der Waals surface area contributed by atoms with Crippen molar-refractivity contribution in [1.82, 2.24) is 0 Å². The van der Waals surface area contributed by atoms with E-state index in [0.717, 1.165) is 0 Å². The summed E-state index contributed by atoms with van der Waals surface area (Å²) in [4.78, 5) is 0. The Balaban J connectivity index is 2.68. The molecule has 12 heavy (non-hydrogen) atoms. The highest BCUT2D eigenvalue weighted by Gasteiger charge is 2.06. The van der Waals surface area contributed by atoms with Gasteiger partial charge in [-0.15, -0.1) is 0 Å². The Morgan fingerprint density at radius 3 is 2.92 bits per heavy atom. The van der Waals surface area contributed by atoms with Crippen LogP contribution in [0.15, 0.2) is 36.3 Å². The van der Waals surface area contributed by atoms with E-state index in [2.05, 4.69) is 0 Å². The predicted molar refractivity (Wildman–Crippen MR) is 52.9 cm³/mol. The van der Waals surface area contributed by atoms with Crippen molar-refractivity contribution in [3.8, 4) is 0 Å². The summed E-state index contributed by atoms with van der Waals surface area (Å²) in [5.74, 6) is 0. The molecule has 0 nitrogen and oxygen atoms in total. The van der Waals surface area contributed by atoms with E-state index >= 15 is 0 Å². The summed E-state index contributed by atoms with van der Waals surface area (Å²) >= 11 is 0. The average Bonchev–Trinajstić information content (AvgIpc) is 2.59. The summed E-state index contributed by atoms with van der Waals surface area (Å²) in [7, 11) is 0. The minimum Gasteiger partial charge on any atom is -0.0610 e. The first kappa shape index (κ1) is 2.74. The van der Waals surface area contributed by atoms with Gasteiger partial charge in [0.2, 0.25) is 0 Å². The fourth-order valence-corrected chi connectivity index (χ4v) is 1.40. The Hall–Kier alpha value is -1.56. The summed E-state index contributed by atoms with van der Waals surface area (Å²) in [6, 6.07) is 2.36. The zero-order valence-corrected chi connectivity index (χ0v) is 6.15. The van der Waals surface area contributed by atoms with E-state index < -0.39 is 0 Å². The molecule has 0 unspecified atom stereocenters. The Morgan fingerprint density at radius 1 is 1.00 bits per heavy atom. The molecule has 56 valence electrons. The summed E-state index contributed by atoms with van der Waals surface area (Å²) < 4.78 is 46.9. The molecule has 0 saturated carbocycles. The van der Waals surface area contributed by atoms with E-state index in [1.807, 2.05) is 0 Å². The maximum Gasteiger partial charge on any atom is 0.0629 e. The van der Waals surface area contributed by atoms with Crippen molar-refractivity contribution in [2.75, 3.05) is 0 Å². The lowest BCUT2D eigenvalue weighted by atomic mass is 10.0. The molecular formula is C12H8. The quantitative estimate of drug-likeness (QED) is 0.551. The van der Waals surface area contributed by atoms with Crippen molar-refractivity contribution >= 4 is 22.9 Å². The van der Waals surface area contributed by atoms with Gasteiger partial charge in [0.1, 0.15) is 0 Å². The molecule has 0 amide bonds. The summed E-state index contributed by atoms with van der Waals surface area (Å²) in [6.07, 6.45) is 0. The number of hydrogen-bond acceptors (Lipinski definition) is 0. The SMILES string of the molecule is [2H]C1=C([2H])c2c([2H])c([2H])c([2H])c3c([2H])ccc1c23. The molecule has 2 aromatic carbocycles. The van der Waals surface area contributed by atoms with Crippen LogP contribution in [0.2, 0.25) is 0 Å². The van der Waals surface area contributed by atoms with Crippen LogP contribution < -0.4 is 0 Å². The number of benzene rings is 2. The van der Waals surface area contributed by atoms with Gasteiger partial charge in [0, 0.05) is 0 Å². The van der Waals surface area contributed by atoms with Crippen LogP contribution in [0.3, 0.4) is 0 Å². The van der Waals surface area contributed by atoms with Crippen molar-refractivity contribution in [3.63, 3.8) is 0 Å². The normalized spacial score (nSPS) is 21.3. The van der Waals surface area contributed by atoms with E-state index in [-0.39, 0.29) is 47.2 Å². The lowest BCUT2D eigenvalue weighted by Gasteiger charge is -1.99. The van der Waals surface area contributed by atoms with Crippen molar-refractivity contribution in [3.05, 3.63) is 47.4 Å². The molecule has 0 spiro atoms. The molecular weight excluding hydrogens is 144 g/mol. The first-order valence-corrected chi connectivity index (χ1v) is 3.66. The van der Waals surface area contributed by atoms with E-state index in [0.29, 0.717) is 10.9 Å². The molecule has 1 aliphatic carbocycles. The molecule has 0 aromatic heterocycles. The zero-order valence-electron chi connectivity index (χ0n) is 12.2. The minimum atomic E-state index is -0.289. The third kappa shape index (κ3) is 0.620. The number of rotatable bonds is 0. The topological polar surface area (TPSA) is 0 Å². The molecule has 0 saturated heterocycles. The van der Waals surface area contributed by atoms with Crippen LogP contribution in [-0.2, 0) is 0 Å². The van der Waals surface area contributed by atoms with Crippen LogP contribution >= 0.6 is 0 Å². The predicted octanol–water partition coefficient (Wildman–Crippen LogP) is 3.32. The second-order valence-corrected chi connectivity index (χ2v) is 2.64. The maximum absolute atomic E-state index is 7.85. The van der Waals surface area contributed by atoms with Crippen LogP contribution in [0.1, 0.15) is 19.4 Å². The Labute approximate surface area is 79.6 Å². The molecule has 0 heterocycles. The van der Waals surface area contributed by atoms with E-state index in [9.17, 15) is 0 Å². The maximum atomic E-state index is 7.85. The third-order valence-electron chi connectivity index (χ3n) is 1.94. The van der Waals surface area contributed by atoms with Crippen molar-refractivity contribution < 1.29 is 8.22 Å². The lowest BCUT2D eigenvalue weighted by molar-refractivity contribution is 1.72. The highest BCUT2D eigenvalue weighted by atomic mass is 14.1. The van der Waals surface area contributed by atoms with Gasteiger partial charge >= 0.3 is 0 Å². The summed E-state index contributed by atoms with van der Waals surface area (Å²) in [6.45, 7) is 0. The van der Waals surface area contributed by atoms with Crippen LogP contribution in [-0.4, -0.2) is 0 Å².